The highest BCUT2D eigenvalue weighted by Gasteiger charge is 2.13. The molecule has 4 nitrogen and oxygen atoms in total. The van der Waals surface area contributed by atoms with E-state index < -0.39 is 5.97 Å². The van der Waals surface area contributed by atoms with Crippen LogP contribution in [0.15, 0.2) is 34.7 Å². The molecular formula is C23H25FO4. The molecule has 0 spiro atoms. The lowest BCUT2D eigenvalue weighted by Crippen LogP contribution is -2.03. The third-order valence-corrected chi connectivity index (χ3v) is 5.05. The summed E-state index contributed by atoms with van der Waals surface area (Å²) in [7, 11) is 0. The minimum Gasteiger partial charge on any atom is -0.488 e. The maximum atomic E-state index is 14.0. The molecule has 0 saturated carbocycles. The summed E-state index contributed by atoms with van der Waals surface area (Å²) in [6.45, 7) is 6.18. The molecule has 0 amide bonds. The fourth-order valence-corrected chi connectivity index (χ4v) is 3.39. The van der Waals surface area contributed by atoms with E-state index in [0.717, 1.165) is 40.7 Å². The van der Waals surface area contributed by atoms with E-state index >= 15 is 0 Å². The van der Waals surface area contributed by atoms with Crippen LogP contribution in [0.3, 0.4) is 0 Å². The Bertz CT molecular complexity index is 1000. The molecule has 28 heavy (non-hydrogen) atoms. The van der Waals surface area contributed by atoms with Gasteiger partial charge in [0.2, 0.25) is 0 Å². The van der Waals surface area contributed by atoms with Crippen molar-refractivity contribution < 1.29 is 23.4 Å². The fraction of sp³-hybridized carbons (Fsp3) is 0.348. The van der Waals surface area contributed by atoms with Crippen molar-refractivity contribution in [3.8, 4) is 5.75 Å². The number of aryl methyl sites for hydroxylation is 2. The van der Waals surface area contributed by atoms with E-state index in [1.54, 1.807) is 0 Å². The lowest BCUT2D eigenvalue weighted by Gasteiger charge is -2.14. The van der Waals surface area contributed by atoms with Gasteiger partial charge in [-0.15, -0.1) is 0 Å². The molecule has 1 heterocycles. The van der Waals surface area contributed by atoms with E-state index in [1.165, 1.54) is 12.1 Å². The monoisotopic (exact) mass is 384 g/mol. The number of ether oxygens (including phenoxy) is 1. The number of carboxylic acids is 1. The minimum atomic E-state index is -0.812. The molecule has 148 valence electrons. The van der Waals surface area contributed by atoms with Crippen molar-refractivity contribution in [2.75, 3.05) is 0 Å². The molecule has 0 atom stereocenters. The Morgan fingerprint density at radius 2 is 1.89 bits per heavy atom. The first-order valence-corrected chi connectivity index (χ1v) is 9.53. The molecule has 0 fully saturated rings. The number of aliphatic carboxylic acids is 1. The first-order chi connectivity index (χ1) is 13.4. The molecule has 0 aliphatic rings. The first kappa shape index (κ1) is 19.9. The summed E-state index contributed by atoms with van der Waals surface area (Å²) < 4.78 is 25.9. The number of furan rings is 1. The van der Waals surface area contributed by atoms with Gasteiger partial charge in [-0.2, -0.15) is 0 Å². The van der Waals surface area contributed by atoms with Gasteiger partial charge in [0.15, 0.2) is 0 Å². The molecule has 1 N–H and O–H groups in total. The van der Waals surface area contributed by atoms with Crippen molar-refractivity contribution in [3.63, 3.8) is 0 Å². The predicted molar refractivity (Wildman–Crippen MR) is 106 cm³/mol. The van der Waals surface area contributed by atoms with Crippen LogP contribution in [0.1, 0.15) is 47.8 Å². The standard InChI is InChI=1S/C23H25FO4/c1-4-5-20-12-17-10-19(24)11-18(23(17)28-20)13-27-21-8-6-16(7-9-22(25)26)14(2)15(21)3/h6,8,10-12H,4-5,7,9,13H2,1-3H3,(H,25,26). The summed E-state index contributed by atoms with van der Waals surface area (Å²) in [4.78, 5) is 10.8. The molecule has 1 aromatic heterocycles. The number of halogens is 1. The van der Waals surface area contributed by atoms with Crippen LogP contribution in [0.25, 0.3) is 11.0 Å². The van der Waals surface area contributed by atoms with Gasteiger partial charge in [-0.1, -0.05) is 13.0 Å². The van der Waals surface area contributed by atoms with Crippen molar-refractivity contribution >= 4 is 16.9 Å². The van der Waals surface area contributed by atoms with Gasteiger partial charge in [-0.3, -0.25) is 4.79 Å². The average molecular weight is 384 g/mol. The van der Waals surface area contributed by atoms with Crippen LogP contribution in [-0.2, 0) is 24.2 Å². The second-order valence-electron chi connectivity index (χ2n) is 7.10. The van der Waals surface area contributed by atoms with Gasteiger partial charge in [0.25, 0.3) is 0 Å². The highest BCUT2D eigenvalue weighted by Crippen LogP contribution is 2.29. The van der Waals surface area contributed by atoms with Crippen molar-refractivity contribution in [1.29, 1.82) is 0 Å². The molecular weight excluding hydrogens is 359 g/mol. The Morgan fingerprint density at radius 1 is 1.11 bits per heavy atom. The second-order valence-corrected chi connectivity index (χ2v) is 7.10. The predicted octanol–water partition coefficient (Wildman–Crippen LogP) is 5.74. The van der Waals surface area contributed by atoms with Crippen LogP contribution in [0, 0.1) is 19.7 Å². The topological polar surface area (TPSA) is 59.7 Å². The summed E-state index contributed by atoms with van der Waals surface area (Å²) in [6, 6.07) is 8.56. The molecule has 3 aromatic rings. The minimum absolute atomic E-state index is 0.0976. The van der Waals surface area contributed by atoms with Crippen LogP contribution in [-0.4, -0.2) is 11.1 Å². The van der Waals surface area contributed by atoms with Crippen LogP contribution in [0.2, 0.25) is 0 Å². The lowest BCUT2D eigenvalue weighted by atomic mass is 9.99. The lowest BCUT2D eigenvalue weighted by molar-refractivity contribution is -0.136. The zero-order chi connectivity index (χ0) is 20.3. The highest BCUT2D eigenvalue weighted by molar-refractivity contribution is 5.81. The molecule has 0 bridgehead atoms. The van der Waals surface area contributed by atoms with E-state index in [0.29, 0.717) is 23.3 Å². The largest absolute Gasteiger partial charge is 0.488 e. The third-order valence-electron chi connectivity index (χ3n) is 5.05. The molecule has 2 aromatic carbocycles. The molecule has 0 radical (unpaired) electrons. The van der Waals surface area contributed by atoms with Gasteiger partial charge >= 0.3 is 5.97 Å². The van der Waals surface area contributed by atoms with E-state index in [1.807, 2.05) is 32.0 Å². The van der Waals surface area contributed by atoms with Gasteiger partial charge in [0.1, 0.15) is 29.5 Å². The summed E-state index contributed by atoms with van der Waals surface area (Å²) in [5, 5.41) is 9.63. The molecule has 0 saturated heterocycles. The Morgan fingerprint density at radius 3 is 2.61 bits per heavy atom. The zero-order valence-electron chi connectivity index (χ0n) is 16.5. The molecule has 5 heteroatoms. The normalized spacial score (nSPS) is 11.1. The summed E-state index contributed by atoms with van der Waals surface area (Å²) in [5.41, 5.74) is 4.31. The van der Waals surface area contributed by atoms with Crippen LogP contribution < -0.4 is 4.74 Å². The van der Waals surface area contributed by atoms with Crippen LogP contribution in [0.5, 0.6) is 5.75 Å². The number of hydrogen-bond donors (Lipinski definition) is 1. The van der Waals surface area contributed by atoms with Crippen LogP contribution in [0.4, 0.5) is 4.39 Å². The summed E-state index contributed by atoms with van der Waals surface area (Å²) >= 11 is 0. The number of rotatable bonds is 8. The summed E-state index contributed by atoms with van der Waals surface area (Å²) in [6.07, 6.45) is 2.35. The molecule has 0 unspecified atom stereocenters. The number of hydrogen-bond acceptors (Lipinski definition) is 3. The number of fused-ring (bicyclic) bond motifs is 1. The van der Waals surface area contributed by atoms with Crippen molar-refractivity contribution in [2.24, 2.45) is 0 Å². The molecule has 3 rings (SSSR count). The van der Waals surface area contributed by atoms with E-state index in [4.69, 9.17) is 14.3 Å². The highest BCUT2D eigenvalue weighted by atomic mass is 19.1. The van der Waals surface area contributed by atoms with Gasteiger partial charge in [-0.05, 0) is 67.6 Å². The van der Waals surface area contributed by atoms with Crippen molar-refractivity contribution in [2.45, 2.75) is 53.1 Å². The number of benzene rings is 2. The Balaban J connectivity index is 1.82. The van der Waals surface area contributed by atoms with E-state index in [-0.39, 0.29) is 18.8 Å². The smallest absolute Gasteiger partial charge is 0.303 e. The average Bonchev–Trinajstić information content (AvgIpc) is 3.04. The maximum Gasteiger partial charge on any atom is 0.303 e. The van der Waals surface area contributed by atoms with Gasteiger partial charge in [-0.25, -0.2) is 4.39 Å². The Hall–Kier alpha value is -2.82. The first-order valence-electron chi connectivity index (χ1n) is 9.53. The van der Waals surface area contributed by atoms with Crippen molar-refractivity contribution in [1.82, 2.24) is 0 Å². The third kappa shape index (κ3) is 4.35. The number of carbonyl (C=O) groups is 1. The second kappa shape index (κ2) is 8.46. The fourth-order valence-electron chi connectivity index (χ4n) is 3.39. The SMILES string of the molecule is CCCc1cc2cc(F)cc(COc3ccc(CCC(=O)O)c(C)c3C)c2o1. The number of carboxylic acid groups (broad SMARTS) is 1. The van der Waals surface area contributed by atoms with Gasteiger partial charge in [0, 0.05) is 23.8 Å². The van der Waals surface area contributed by atoms with Crippen LogP contribution >= 0.6 is 0 Å². The Labute approximate surface area is 163 Å². The molecule has 0 aliphatic heterocycles. The van der Waals surface area contributed by atoms with Gasteiger partial charge in [0.05, 0.1) is 0 Å². The van der Waals surface area contributed by atoms with E-state index in [9.17, 15) is 9.18 Å². The van der Waals surface area contributed by atoms with Gasteiger partial charge < -0.3 is 14.3 Å². The molecule has 0 aliphatic carbocycles. The maximum absolute atomic E-state index is 14.0. The van der Waals surface area contributed by atoms with E-state index in [2.05, 4.69) is 6.92 Å². The zero-order valence-corrected chi connectivity index (χ0v) is 16.5. The summed E-state index contributed by atoms with van der Waals surface area (Å²) in [5.74, 6) is 0.425. The quantitative estimate of drug-likeness (QED) is 0.538. The Kier molecular flexibility index (Phi) is 6.02. The van der Waals surface area contributed by atoms with Crippen molar-refractivity contribution in [3.05, 3.63) is 64.2 Å².